The highest BCUT2D eigenvalue weighted by Crippen LogP contribution is 2.27. The van der Waals surface area contributed by atoms with Crippen LogP contribution in [0.25, 0.3) is 11.2 Å². The molecule has 124 valence electrons. The number of H-pyrrole nitrogens is 1. The summed E-state index contributed by atoms with van der Waals surface area (Å²) in [6.45, 7) is 0.556. The molecule has 0 bridgehead atoms. The van der Waals surface area contributed by atoms with Gasteiger partial charge in [0.1, 0.15) is 0 Å². The number of nitrogens with one attached hydrogen (secondary N) is 1. The standard InChI is InChI=1S/C16H16N4O3S/c1-22-11-4-3-10(9-12(11)23-2)5-8-20-14-13(17-6-7-18-14)15(21)19-16(20)24/h3-4,6-7,9H,5,8H2,1-2H3,(H,19,21,24). The maximum atomic E-state index is 11.9. The largest absolute Gasteiger partial charge is 0.493 e. The molecule has 7 nitrogen and oxygen atoms in total. The number of aryl methyl sites for hydroxylation is 2. The Bertz CT molecular complexity index is 997. The third kappa shape index (κ3) is 3.00. The Kier molecular flexibility index (Phi) is 4.57. The Morgan fingerprint density at radius 3 is 2.67 bits per heavy atom. The van der Waals surface area contributed by atoms with Crippen molar-refractivity contribution >= 4 is 23.4 Å². The zero-order valence-electron chi connectivity index (χ0n) is 13.3. The van der Waals surface area contributed by atoms with E-state index in [1.54, 1.807) is 25.0 Å². The van der Waals surface area contributed by atoms with Crippen LogP contribution in [-0.4, -0.2) is 33.7 Å². The van der Waals surface area contributed by atoms with Crippen molar-refractivity contribution in [2.45, 2.75) is 13.0 Å². The van der Waals surface area contributed by atoms with Crippen molar-refractivity contribution in [1.82, 2.24) is 19.5 Å². The number of aromatic amines is 1. The van der Waals surface area contributed by atoms with Crippen LogP contribution in [0.15, 0.2) is 35.4 Å². The number of ether oxygens (including phenoxy) is 2. The third-order valence-electron chi connectivity index (χ3n) is 3.69. The lowest BCUT2D eigenvalue weighted by Crippen LogP contribution is -2.17. The molecule has 0 aliphatic heterocycles. The first-order chi connectivity index (χ1) is 11.6. The predicted octanol–water partition coefficient (Wildman–Crippen LogP) is 2.11. The van der Waals surface area contributed by atoms with E-state index in [1.165, 1.54) is 6.20 Å². The van der Waals surface area contributed by atoms with Crippen molar-refractivity contribution in [1.29, 1.82) is 0 Å². The number of aromatic nitrogens is 4. The Labute approximate surface area is 142 Å². The fraction of sp³-hybridized carbons (Fsp3) is 0.250. The smallest absolute Gasteiger partial charge is 0.279 e. The lowest BCUT2D eigenvalue weighted by atomic mass is 10.1. The molecule has 0 saturated heterocycles. The number of benzene rings is 1. The van der Waals surface area contributed by atoms with E-state index >= 15 is 0 Å². The normalized spacial score (nSPS) is 10.8. The zero-order chi connectivity index (χ0) is 17.1. The van der Waals surface area contributed by atoms with Crippen LogP contribution in [0.2, 0.25) is 0 Å². The van der Waals surface area contributed by atoms with E-state index in [1.807, 2.05) is 18.2 Å². The summed E-state index contributed by atoms with van der Waals surface area (Å²) in [4.78, 5) is 22.9. The van der Waals surface area contributed by atoms with E-state index in [0.29, 0.717) is 34.9 Å². The van der Waals surface area contributed by atoms with E-state index in [2.05, 4.69) is 15.0 Å². The van der Waals surface area contributed by atoms with Crippen LogP contribution in [0.5, 0.6) is 11.5 Å². The topological polar surface area (TPSA) is 82.0 Å². The Morgan fingerprint density at radius 2 is 1.92 bits per heavy atom. The van der Waals surface area contributed by atoms with E-state index in [4.69, 9.17) is 21.7 Å². The van der Waals surface area contributed by atoms with Gasteiger partial charge in [0.05, 0.1) is 14.2 Å². The molecule has 8 heteroatoms. The van der Waals surface area contributed by atoms with Gasteiger partial charge in [0.2, 0.25) is 0 Å². The average Bonchev–Trinajstić information content (AvgIpc) is 2.61. The van der Waals surface area contributed by atoms with Gasteiger partial charge in [-0.2, -0.15) is 0 Å². The second-order valence-electron chi connectivity index (χ2n) is 5.08. The first-order valence-electron chi connectivity index (χ1n) is 7.28. The number of methoxy groups -OCH3 is 2. The van der Waals surface area contributed by atoms with Gasteiger partial charge in [0, 0.05) is 18.9 Å². The molecule has 1 N–H and O–H groups in total. The fourth-order valence-electron chi connectivity index (χ4n) is 2.49. The lowest BCUT2D eigenvalue weighted by Gasteiger charge is -2.12. The highest BCUT2D eigenvalue weighted by atomic mass is 32.1. The lowest BCUT2D eigenvalue weighted by molar-refractivity contribution is 0.354. The summed E-state index contributed by atoms with van der Waals surface area (Å²) in [6, 6.07) is 5.74. The number of hydrogen-bond donors (Lipinski definition) is 1. The van der Waals surface area contributed by atoms with Crippen LogP contribution in [0.1, 0.15) is 5.56 Å². The second kappa shape index (κ2) is 6.79. The van der Waals surface area contributed by atoms with Gasteiger partial charge in [0.15, 0.2) is 27.4 Å². The molecule has 0 radical (unpaired) electrons. The summed E-state index contributed by atoms with van der Waals surface area (Å²) in [5.74, 6) is 1.35. The van der Waals surface area contributed by atoms with Crippen LogP contribution in [0, 0.1) is 4.77 Å². The summed E-state index contributed by atoms with van der Waals surface area (Å²) in [6.07, 6.45) is 3.72. The maximum Gasteiger partial charge on any atom is 0.279 e. The van der Waals surface area contributed by atoms with E-state index in [-0.39, 0.29) is 11.1 Å². The number of hydrogen-bond acceptors (Lipinski definition) is 6. The summed E-state index contributed by atoms with van der Waals surface area (Å²) in [7, 11) is 3.20. The molecule has 0 amide bonds. The van der Waals surface area contributed by atoms with Gasteiger partial charge in [-0.15, -0.1) is 0 Å². The molecular formula is C16H16N4O3S. The molecule has 0 aliphatic carbocycles. The van der Waals surface area contributed by atoms with Crippen molar-refractivity contribution in [3.63, 3.8) is 0 Å². The van der Waals surface area contributed by atoms with E-state index in [0.717, 1.165) is 5.56 Å². The number of fused-ring (bicyclic) bond motifs is 1. The first-order valence-corrected chi connectivity index (χ1v) is 7.69. The highest BCUT2D eigenvalue weighted by Gasteiger charge is 2.09. The minimum Gasteiger partial charge on any atom is -0.493 e. The second-order valence-corrected chi connectivity index (χ2v) is 5.47. The molecule has 2 heterocycles. The Balaban J connectivity index is 1.94. The molecule has 0 aliphatic rings. The van der Waals surface area contributed by atoms with Gasteiger partial charge >= 0.3 is 0 Å². The van der Waals surface area contributed by atoms with Gasteiger partial charge in [-0.3, -0.25) is 9.78 Å². The van der Waals surface area contributed by atoms with Gasteiger partial charge in [-0.1, -0.05) is 6.07 Å². The molecule has 3 rings (SSSR count). The molecule has 0 spiro atoms. The Hall–Kier alpha value is -2.74. The summed E-state index contributed by atoms with van der Waals surface area (Å²) >= 11 is 5.27. The van der Waals surface area contributed by atoms with Crippen molar-refractivity contribution in [3.8, 4) is 11.5 Å². The summed E-state index contributed by atoms with van der Waals surface area (Å²) < 4.78 is 12.7. The summed E-state index contributed by atoms with van der Waals surface area (Å²) in [5, 5.41) is 0. The van der Waals surface area contributed by atoms with Crippen molar-refractivity contribution < 1.29 is 9.47 Å². The molecule has 2 aromatic heterocycles. The van der Waals surface area contributed by atoms with Gasteiger partial charge in [-0.25, -0.2) is 9.97 Å². The Morgan fingerprint density at radius 1 is 1.17 bits per heavy atom. The van der Waals surface area contributed by atoms with Crippen molar-refractivity contribution in [3.05, 3.63) is 51.3 Å². The summed E-state index contributed by atoms with van der Waals surface area (Å²) in [5.41, 5.74) is 1.48. The van der Waals surface area contributed by atoms with Crippen molar-refractivity contribution in [2.24, 2.45) is 0 Å². The molecule has 3 aromatic rings. The SMILES string of the molecule is COc1ccc(CCn2c(=S)[nH]c(=O)c3nccnc32)cc1OC. The maximum absolute atomic E-state index is 11.9. The van der Waals surface area contributed by atoms with Crippen LogP contribution in [-0.2, 0) is 13.0 Å². The minimum absolute atomic E-state index is 0.276. The van der Waals surface area contributed by atoms with Crippen LogP contribution in [0.4, 0.5) is 0 Å². The minimum atomic E-state index is -0.328. The van der Waals surface area contributed by atoms with E-state index in [9.17, 15) is 4.79 Å². The molecule has 1 aromatic carbocycles. The number of nitrogens with zero attached hydrogens (tertiary/aromatic N) is 3. The van der Waals surface area contributed by atoms with Gasteiger partial charge in [0.25, 0.3) is 5.56 Å². The quantitative estimate of drug-likeness (QED) is 0.714. The van der Waals surface area contributed by atoms with Crippen molar-refractivity contribution in [2.75, 3.05) is 14.2 Å². The molecule has 0 atom stereocenters. The van der Waals surface area contributed by atoms with E-state index < -0.39 is 0 Å². The fourth-order valence-corrected chi connectivity index (χ4v) is 2.76. The van der Waals surface area contributed by atoms with Gasteiger partial charge in [-0.05, 0) is 36.3 Å². The van der Waals surface area contributed by atoms with Crippen LogP contribution in [0.3, 0.4) is 0 Å². The van der Waals surface area contributed by atoms with Crippen LogP contribution < -0.4 is 15.0 Å². The molecule has 24 heavy (non-hydrogen) atoms. The third-order valence-corrected chi connectivity index (χ3v) is 4.01. The first kappa shape index (κ1) is 16.1. The average molecular weight is 344 g/mol. The van der Waals surface area contributed by atoms with Crippen LogP contribution >= 0.6 is 12.2 Å². The predicted molar refractivity (Wildman–Crippen MR) is 92.2 cm³/mol. The number of rotatable bonds is 5. The monoisotopic (exact) mass is 344 g/mol. The molecule has 0 fully saturated rings. The zero-order valence-corrected chi connectivity index (χ0v) is 14.1. The molecule has 0 saturated carbocycles. The highest BCUT2D eigenvalue weighted by molar-refractivity contribution is 7.71. The molecule has 0 unspecified atom stereocenters. The molecular weight excluding hydrogens is 328 g/mol. The van der Waals surface area contributed by atoms with Gasteiger partial charge < -0.3 is 14.0 Å².